The van der Waals surface area contributed by atoms with Crippen LogP contribution >= 0.6 is 11.8 Å². The maximum absolute atomic E-state index is 12.9. The SMILES string of the molecule is COc1ccc(CSc2ccccc2C(=O)N2CCN(C)CC2)cc1. The number of methoxy groups -OCH3 is 1. The second kappa shape index (κ2) is 8.41. The zero-order valence-corrected chi connectivity index (χ0v) is 15.6. The van der Waals surface area contributed by atoms with Crippen LogP contribution in [-0.2, 0) is 5.75 Å². The molecule has 132 valence electrons. The highest BCUT2D eigenvalue weighted by Crippen LogP contribution is 2.28. The Balaban J connectivity index is 1.68. The Kier molecular flexibility index (Phi) is 6.00. The molecule has 4 nitrogen and oxygen atoms in total. The van der Waals surface area contributed by atoms with Crippen LogP contribution in [0.4, 0.5) is 0 Å². The van der Waals surface area contributed by atoms with Crippen molar-refractivity contribution in [2.45, 2.75) is 10.6 Å². The summed E-state index contributed by atoms with van der Waals surface area (Å²) in [5, 5.41) is 0. The van der Waals surface area contributed by atoms with Crippen molar-refractivity contribution in [3.63, 3.8) is 0 Å². The van der Waals surface area contributed by atoms with Gasteiger partial charge in [-0.3, -0.25) is 4.79 Å². The van der Waals surface area contributed by atoms with Gasteiger partial charge in [0.1, 0.15) is 5.75 Å². The molecule has 0 saturated carbocycles. The lowest BCUT2D eigenvalue weighted by Gasteiger charge is -2.32. The van der Waals surface area contributed by atoms with Crippen molar-refractivity contribution in [2.75, 3.05) is 40.3 Å². The highest BCUT2D eigenvalue weighted by Gasteiger charge is 2.22. The summed E-state index contributed by atoms with van der Waals surface area (Å²) in [6, 6.07) is 16.0. The van der Waals surface area contributed by atoms with E-state index in [4.69, 9.17) is 4.74 Å². The molecule has 0 N–H and O–H groups in total. The summed E-state index contributed by atoms with van der Waals surface area (Å²) >= 11 is 1.71. The van der Waals surface area contributed by atoms with Gasteiger partial charge in [0.2, 0.25) is 0 Å². The molecule has 0 unspecified atom stereocenters. The summed E-state index contributed by atoms with van der Waals surface area (Å²) in [6.45, 7) is 3.47. The van der Waals surface area contributed by atoms with E-state index in [9.17, 15) is 4.79 Å². The molecule has 1 aliphatic heterocycles. The van der Waals surface area contributed by atoms with E-state index in [1.54, 1.807) is 18.9 Å². The van der Waals surface area contributed by atoms with E-state index >= 15 is 0 Å². The molecule has 0 atom stereocenters. The molecule has 2 aromatic carbocycles. The molecule has 5 heteroatoms. The van der Waals surface area contributed by atoms with Crippen LogP contribution in [0.1, 0.15) is 15.9 Å². The molecule has 0 bridgehead atoms. The van der Waals surface area contributed by atoms with Gasteiger partial charge >= 0.3 is 0 Å². The van der Waals surface area contributed by atoms with Crippen molar-refractivity contribution in [3.8, 4) is 5.75 Å². The van der Waals surface area contributed by atoms with Gasteiger partial charge in [0.15, 0.2) is 0 Å². The first-order chi connectivity index (χ1) is 12.2. The molecular formula is C20H24N2O2S. The summed E-state index contributed by atoms with van der Waals surface area (Å²) in [4.78, 5) is 18.2. The van der Waals surface area contributed by atoms with E-state index < -0.39 is 0 Å². The Hall–Kier alpha value is -1.98. The number of hydrogen-bond acceptors (Lipinski definition) is 4. The van der Waals surface area contributed by atoms with Gasteiger partial charge < -0.3 is 14.5 Å². The topological polar surface area (TPSA) is 32.8 Å². The molecule has 2 aromatic rings. The fourth-order valence-electron chi connectivity index (χ4n) is 2.83. The van der Waals surface area contributed by atoms with Gasteiger partial charge in [-0.2, -0.15) is 0 Å². The van der Waals surface area contributed by atoms with E-state index in [1.807, 2.05) is 41.3 Å². The number of amides is 1. The normalized spacial score (nSPS) is 15.2. The number of nitrogens with zero attached hydrogens (tertiary/aromatic N) is 2. The van der Waals surface area contributed by atoms with E-state index in [-0.39, 0.29) is 5.91 Å². The van der Waals surface area contributed by atoms with Crippen molar-refractivity contribution in [1.82, 2.24) is 9.80 Å². The molecule has 1 amide bonds. The average molecular weight is 356 g/mol. The zero-order valence-electron chi connectivity index (χ0n) is 14.8. The number of likely N-dealkylation sites (N-methyl/N-ethyl adjacent to an activating group) is 1. The van der Waals surface area contributed by atoms with Gasteiger partial charge in [-0.1, -0.05) is 24.3 Å². The van der Waals surface area contributed by atoms with Gasteiger partial charge in [-0.25, -0.2) is 0 Å². The lowest BCUT2D eigenvalue weighted by Crippen LogP contribution is -2.47. The van der Waals surface area contributed by atoms with E-state index in [0.717, 1.165) is 48.1 Å². The van der Waals surface area contributed by atoms with Crippen LogP contribution in [0.3, 0.4) is 0 Å². The van der Waals surface area contributed by atoms with E-state index in [1.165, 1.54) is 5.56 Å². The van der Waals surface area contributed by atoms with Crippen LogP contribution in [0.25, 0.3) is 0 Å². The van der Waals surface area contributed by atoms with Gasteiger partial charge in [0, 0.05) is 36.8 Å². The van der Waals surface area contributed by atoms with Crippen molar-refractivity contribution in [3.05, 3.63) is 59.7 Å². The largest absolute Gasteiger partial charge is 0.497 e. The fourth-order valence-corrected chi connectivity index (χ4v) is 3.83. The number of carbonyl (C=O) groups is 1. The van der Waals surface area contributed by atoms with E-state index in [2.05, 4.69) is 24.1 Å². The molecule has 1 saturated heterocycles. The summed E-state index contributed by atoms with van der Waals surface area (Å²) in [5.41, 5.74) is 2.03. The number of ether oxygens (including phenoxy) is 1. The van der Waals surface area contributed by atoms with Crippen LogP contribution in [0.2, 0.25) is 0 Å². The maximum Gasteiger partial charge on any atom is 0.255 e. The quantitative estimate of drug-likeness (QED) is 0.769. The number of benzene rings is 2. The predicted octanol–water partition coefficient (Wildman–Crippen LogP) is 3.38. The highest BCUT2D eigenvalue weighted by molar-refractivity contribution is 7.98. The molecule has 0 aromatic heterocycles. The third kappa shape index (κ3) is 4.55. The summed E-state index contributed by atoms with van der Waals surface area (Å²) in [5.74, 6) is 1.84. The summed E-state index contributed by atoms with van der Waals surface area (Å²) < 4.78 is 5.20. The minimum atomic E-state index is 0.144. The van der Waals surface area contributed by atoms with Crippen LogP contribution in [0.5, 0.6) is 5.75 Å². The third-order valence-electron chi connectivity index (χ3n) is 4.46. The summed E-state index contributed by atoms with van der Waals surface area (Å²) in [6.07, 6.45) is 0. The Morgan fingerprint density at radius 1 is 1.04 bits per heavy atom. The first-order valence-corrected chi connectivity index (χ1v) is 9.48. The average Bonchev–Trinajstić information content (AvgIpc) is 2.67. The molecular weight excluding hydrogens is 332 g/mol. The minimum Gasteiger partial charge on any atom is -0.497 e. The summed E-state index contributed by atoms with van der Waals surface area (Å²) in [7, 11) is 3.77. The molecule has 1 fully saturated rings. The third-order valence-corrected chi connectivity index (χ3v) is 5.61. The molecule has 3 rings (SSSR count). The monoisotopic (exact) mass is 356 g/mol. The van der Waals surface area contributed by atoms with Gasteiger partial charge in [-0.05, 0) is 36.9 Å². The standard InChI is InChI=1S/C20H24N2O2S/c1-21-11-13-22(14-12-21)20(23)18-5-3-4-6-19(18)25-15-16-7-9-17(24-2)10-8-16/h3-10H,11-15H2,1-2H3. The van der Waals surface area contributed by atoms with Gasteiger partial charge in [-0.15, -0.1) is 11.8 Å². The molecule has 0 aliphatic carbocycles. The molecule has 0 spiro atoms. The zero-order chi connectivity index (χ0) is 17.6. The number of carbonyl (C=O) groups excluding carboxylic acids is 1. The Morgan fingerprint density at radius 2 is 1.72 bits per heavy atom. The van der Waals surface area contributed by atoms with Crippen LogP contribution in [0.15, 0.2) is 53.4 Å². The first kappa shape index (κ1) is 17.8. The first-order valence-electron chi connectivity index (χ1n) is 8.50. The molecule has 1 aliphatic rings. The van der Waals surface area contributed by atoms with Crippen LogP contribution in [0, 0.1) is 0 Å². The Labute approximate surface area is 153 Å². The molecule has 0 radical (unpaired) electrons. The van der Waals surface area contributed by atoms with Crippen molar-refractivity contribution in [1.29, 1.82) is 0 Å². The Morgan fingerprint density at radius 3 is 2.40 bits per heavy atom. The van der Waals surface area contributed by atoms with Crippen LogP contribution < -0.4 is 4.74 Å². The smallest absolute Gasteiger partial charge is 0.255 e. The maximum atomic E-state index is 12.9. The van der Waals surface area contributed by atoms with Crippen molar-refractivity contribution >= 4 is 17.7 Å². The fraction of sp³-hybridized carbons (Fsp3) is 0.350. The second-order valence-electron chi connectivity index (χ2n) is 6.23. The number of hydrogen-bond donors (Lipinski definition) is 0. The molecule has 25 heavy (non-hydrogen) atoms. The second-order valence-corrected chi connectivity index (χ2v) is 7.25. The molecule has 1 heterocycles. The number of piperazine rings is 1. The van der Waals surface area contributed by atoms with Gasteiger partial charge in [0.25, 0.3) is 5.91 Å². The Bertz CT molecular complexity index is 710. The van der Waals surface area contributed by atoms with Crippen molar-refractivity contribution < 1.29 is 9.53 Å². The number of thioether (sulfide) groups is 1. The number of rotatable bonds is 5. The van der Waals surface area contributed by atoms with E-state index in [0.29, 0.717) is 0 Å². The lowest BCUT2D eigenvalue weighted by molar-refractivity contribution is 0.0660. The highest BCUT2D eigenvalue weighted by atomic mass is 32.2. The lowest BCUT2D eigenvalue weighted by atomic mass is 10.2. The van der Waals surface area contributed by atoms with Crippen LogP contribution in [-0.4, -0.2) is 56.0 Å². The van der Waals surface area contributed by atoms with Gasteiger partial charge in [0.05, 0.1) is 12.7 Å². The predicted molar refractivity (Wildman–Crippen MR) is 102 cm³/mol. The van der Waals surface area contributed by atoms with Crippen molar-refractivity contribution in [2.24, 2.45) is 0 Å². The minimum absolute atomic E-state index is 0.144.